The highest BCUT2D eigenvalue weighted by atomic mass is 32.3. The molecule has 228 valence electrons. The molecule has 2 aliphatic rings. The summed E-state index contributed by atoms with van der Waals surface area (Å²) in [5.74, 6) is -1.01. The quantitative estimate of drug-likeness (QED) is 0.184. The number of pyridine rings is 1. The summed E-state index contributed by atoms with van der Waals surface area (Å²) in [7, 11) is -7.53. The van der Waals surface area contributed by atoms with Gasteiger partial charge in [0.2, 0.25) is 10.0 Å². The summed E-state index contributed by atoms with van der Waals surface area (Å²) in [5, 5.41) is 18.0. The molecule has 0 saturated carbocycles. The molecule has 1 aliphatic carbocycles. The number of hydrogen-bond donors (Lipinski definition) is 6. The molecule has 3 aromatic rings. The molecule has 1 aliphatic heterocycles. The molecule has 11 nitrogen and oxygen atoms in total. The van der Waals surface area contributed by atoms with E-state index in [-0.39, 0.29) is 38.9 Å². The maximum Gasteiger partial charge on any atom is 0.229 e. The zero-order chi connectivity index (χ0) is 31.2. The summed E-state index contributed by atoms with van der Waals surface area (Å²) in [5.41, 5.74) is 0.602. The Hall–Kier alpha value is -3.75. The highest BCUT2D eigenvalue weighted by molar-refractivity contribution is 8.23. The van der Waals surface area contributed by atoms with E-state index in [2.05, 4.69) is 45.5 Å². The van der Waals surface area contributed by atoms with Crippen LogP contribution in [0.1, 0.15) is 50.3 Å². The third kappa shape index (κ3) is 6.31. The minimum absolute atomic E-state index is 0.0534. The molecule has 6 N–H and O–H groups in total. The fraction of sp³-hybridized carbons (Fsp3) is 0.300. The van der Waals surface area contributed by atoms with Crippen molar-refractivity contribution in [2.75, 3.05) is 16.3 Å². The molecule has 5 rings (SSSR count). The van der Waals surface area contributed by atoms with Crippen molar-refractivity contribution in [3.05, 3.63) is 89.3 Å². The number of sulfonamides is 1. The van der Waals surface area contributed by atoms with E-state index >= 15 is 0 Å². The number of anilines is 2. The predicted molar refractivity (Wildman–Crippen MR) is 170 cm³/mol. The summed E-state index contributed by atoms with van der Waals surface area (Å²) in [4.78, 5) is 18.9. The largest absolute Gasteiger partial charge is 0.506 e. The number of fused-ring (bicyclic) bond motifs is 2. The van der Waals surface area contributed by atoms with E-state index in [9.17, 15) is 27.4 Å². The molecule has 0 fully saturated rings. The number of amidine groups is 1. The molecule has 0 amide bonds. The SMILES string of the molecule is CC(C)(C)CCC1(NCc2cccnc2)C(=O)C(C2=NS(O)(O)c3cc(NS(C)(=O)=O)ccc3N2)=C(O)c2ccccc21. The van der Waals surface area contributed by atoms with Gasteiger partial charge in [0.1, 0.15) is 21.8 Å². The van der Waals surface area contributed by atoms with Crippen LogP contribution in [-0.2, 0) is 26.9 Å². The number of aromatic nitrogens is 1. The number of hydrogen-bond acceptors (Lipinski definition) is 10. The molecule has 2 aromatic carbocycles. The Morgan fingerprint density at radius 1 is 1.07 bits per heavy atom. The molecule has 43 heavy (non-hydrogen) atoms. The van der Waals surface area contributed by atoms with E-state index in [1.165, 1.54) is 18.2 Å². The Labute approximate surface area is 252 Å². The van der Waals surface area contributed by atoms with Gasteiger partial charge in [0.05, 0.1) is 17.6 Å². The van der Waals surface area contributed by atoms with Gasteiger partial charge in [-0.2, -0.15) is 0 Å². The maximum absolute atomic E-state index is 14.7. The van der Waals surface area contributed by atoms with Gasteiger partial charge in [-0.3, -0.25) is 28.9 Å². The van der Waals surface area contributed by atoms with Gasteiger partial charge in [0.15, 0.2) is 11.6 Å². The van der Waals surface area contributed by atoms with Crippen LogP contribution in [0.4, 0.5) is 11.4 Å². The van der Waals surface area contributed by atoms with Crippen molar-refractivity contribution < 1.29 is 27.4 Å². The number of nitrogens with zero attached hydrogens (tertiary/aromatic N) is 2. The average Bonchev–Trinajstić information content (AvgIpc) is 2.92. The van der Waals surface area contributed by atoms with Gasteiger partial charge in [-0.1, -0.05) is 61.9 Å². The standard InChI is InChI=1S/C30H35N5O6S2/c1-29(2,3)13-14-30(32-18-19-8-7-15-31-17-19)22-10-6-5-9-21(22)26(36)25(27(30)37)28-33-23-12-11-20(34-42(4,38)39)16-24(23)43(40,41)35-28/h5-12,15-17,32,34,36,40-41H,13-14,18H2,1-4H3,(H,33,35). The molecular formula is C30H35N5O6S2. The van der Waals surface area contributed by atoms with Gasteiger partial charge in [0.25, 0.3) is 0 Å². The van der Waals surface area contributed by atoms with Crippen molar-refractivity contribution >= 4 is 49.6 Å². The van der Waals surface area contributed by atoms with E-state index in [0.717, 1.165) is 11.8 Å². The van der Waals surface area contributed by atoms with Gasteiger partial charge < -0.3 is 10.4 Å². The molecule has 0 spiro atoms. The summed E-state index contributed by atoms with van der Waals surface area (Å²) in [6.07, 6.45) is 5.39. The van der Waals surface area contributed by atoms with Crippen molar-refractivity contribution in [3.63, 3.8) is 0 Å². The molecule has 0 radical (unpaired) electrons. The molecular weight excluding hydrogens is 590 g/mol. The first-order valence-electron chi connectivity index (χ1n) is 13.6. The Morgan fingerprint density at radius 2 is 1.81 bits per heavy atom. The second-order valence-corrected chi connectivity index (χ2v) is 15.4. The van der Waals surface area contributed by atoms with Crippen molar-refractivity contribution in [2.24, 2.45) is 9.81 Å². The van der Waals surface area contributed by atoms with Crippen LogP contribution in [0.2, 0.25) is 0 Å². The molecule has 13 heteroatoms. The summed E-state index contributed by atoms with van der Waals surface area (Å²) in [6.45, 7) is 6.56. The first kappa shape index (κ1) is 30.7. The van der Waals surface area contributed by atoms with Crippen molar-refractivity contribution in [3.8, 4) is 0 Å². The lowest BCUT2D eigenvalue weighted by Gasteiger charge is -2.42. The highest BCUT2D eigenvalue weighted by Crippen LogP contribution is 2.57. The zero-order valence-electron chi connectivity index (χ0n) is 24.2. The fourth-order valence-corrected chi connectivity index (χ4v) is 7.00. The van der Waals surface area contributed by atoms with Crippen molar-refractivity contribution in [2.45, 2.75) is 50.6 Å². The lowest BCUT2D eigenvalue weighted by Crippen LogP contribution is -2.53. The van der Waals surface area contributed by atoms with Gasteiger partial charge in [-0.05, 0) is 53.6 Å². The van der Waals surface area contributed by atoms with Crippen LogP contribution in [0.3, 0.4) is 0 Å². The number of ketones is 1. The Kier molecular flexibility index (Phi) is 7.90. The number of carbonyl (C=O) groups excluding carboxylic acids is 1. The van der Waals surface area contributed by atoms with Gasteiger partial charge in [0, 0.05) is 24.5 Å². The topological polar surface area (TPSA) is 173 Å². The van der Waals surface area contributed by atoms with Crippen molar-refractivity contribution in [1.82, 2.24) is 10.3 Å². The second-order valence-electron chi connectivity index (χ2n) is 11.9. The monoisotopic (exact) mass is 625 g/mol. The minimum atomic E-state index is -3.91. The summed E-state index contributed by atoms with van der Waals surface area (Å²) in [6, 6.07) is 15.0. The van der Waals surface area contributed by atoms with Crippen LogP contribution in [0.5, 0.6) is 0 Å². The lowest BCUT2D eigenvalue weighted by molar-refractivity contribution is -0.122. The number of aliphatic hydroxyl groups is 1. The first-order valence-corrected chi connectivity index (χ1v) is 17.0. The Morgan fingerprint density at radius 3 is 2.49 bits per heavy atom. The smallest absolute Gasteiger partial charge is 0.229 e. The predicted octanol–water partition coefficient (Wildman–Crippen LogP) is 5.67. The van der Waals surface area contributed by atoms with Crippen LogP contribution < -0.4 is 15.4 Å². The van der Waals surface area contributed by atoms with Crippen molar-refractivity contribution in [1.29, 1.82) is 0 Å². The molecule has 1 aromatic heterocycles. The third-order valence-corrected chi connectivity index (χ3v) is 9.32. The summed E-state index contributed by atoms with van der Waals surface area (Å²) >= 11 is 0. The van der Waals surface area contributed by atoms with Gasteiger partial charge >= 0.3 is 0 Å². The number of aliphatic hydroxyl groups excluding tert-OH is 1. The van der Waals surface area contributed by atoms with Crippen LogP contribution in [0.25, 0.3) is 5.76 Å². The average molecular weight is 626 g/mol. The van der Waals surface area contributed by atoms with E-state index in [1.54, 1.807) is 24.5 Å². The van der Waals surface area contributed by atoms with E-state index < -0.39 is 32.1 Å². The first-order chi connectivity index (χ1) is 20.1. The van der Waals surface area contributed by atoms with Crippen LogP contribution in [-0.4, -0.2) is 45.5 Å². The highest BCUT2D eigenvalue weighted by Gasteiger charge is 2.49. The second kappa shape index (κ2) is 11.1. The van der Waals surface area contributed by atoms with Crippen LogP contribution >= 0.6 is 10.8 Å². The van der Waals surface area contributed by atoms with Crippen LogP contribution in [0, 0.1) is 5.41 Å². The number of rotatable bonds is 8. The number of nitrogens with one attached hydrogen (secondary N) is 3. The Balaban J connectivity index is 1.63. The van der Waals surface area contributed by atoms with Gasteiger partial charge in [-0.15, -0.1) is 4.40 Å². The lowest BCUT2D eigenvalue weighted by atomic mass is 9.69. The van der Waals surface area contributed by atoms with E-state index in [1.807, 2.05) is 24.3 Å². The molecule has 1 unspecified atom stereocenters. The minimum Gasteiger partial charge on any atom is -0.506 e. The molecule has 2 heterocycles. The zero-order valence-corrected chi connectivity index (χ0v) is 25.9. The number of carbonyl (C=O) groups is 1. The third-order valence-electron chi connectivity index (χ3n) is 7.35. The number of Topliss-reactive ketones (excluding diaryl/α,β-unsaturated/α-hetero) is 1. The normalized spacial score (nSPS) is 20.4. The van der Waals surface area contributed by atoms with Crippen LogP contribution in [0.15, 0.2) is 81.9 Å². The van der Waals surface area contributed by atoms with E-state index in [0.29, 0.717) is 30.5 Å². The number of benzene rings is 2. The molecule has 0 bridgehead atoms. The maximum atomic E-state index is 14.7. The fourth-order valence-electron chi connectivity index (χ4n) is 5.25. The molecule has 1 atom stereocenters. The summed E-state index contributed by atoms with van der Waals surface area (Å²) < 4.78 is 52.1. The Bertz CT molecular complexity index is 1750. The molecule has 0 saturated heterocycles. The van der Waals surface area contributed by atoms with Gasteiger partial charge in [-0.25, -0.2) is 8.42 Å². The van der Waals surface area contributed by atoms with E-state index in [4.69, 9.17) is 0 Å².